The Labute approximate surface area is 207 Å². The molecule has 0 aromatic heterocycles. The minimum atomic E-state index is -0.632. The highest BCUT2D eigenvalue weighted by atomic mass is 35.5. The maximum atomic E-state index is 13.3. The van der Waals surface area contributed by atoms with E-state index in [-0.39, 0.29) is 31.0 Å². The predicted molar refractivity (Wildman–Crippen MR) is 135 cm³/mol. The molecule has 0 aliphatic heterocycles. The minimum Gasteiger partial charge on any atom is -0.484 e. The molecule has 2 aromatic carbocycles. The smallest absolute Gasteiger partial charge is 0.261 e. The third kappa shape index (κ3) is 7.94. The fourth-order valence-electron chi connectivity index (χ4n) is 3.37. The standard InChI is InChI=1S/C26H34Cl2N2O3/c1-6-18(5)29-26(32)24(7-2)30(15-19-8-13-22(27)23(28)14-19)25(31)16-33-21-11-9-20(10-12-21)17(3)4/h8-14,17-18,24H,6-7,15-16H2,1-5H3,(H,29,32)/t18-,24+/m0/s1. The first-order chi connectivity index (χ1) is 15.7. The first kappa shape index (κ1) is 27.0. The van der Waals surface area contributed by atoms with Crippen LogP contribution < -0.4 is 10.1 Å². The molecule has 0 radical (unpaired) electrons. The number of rotatable bonds is 11. The zero-order chi connectivity index (χ0) is 24.5. The molecule has 7 heteroatoms. The molecule has 0 saturated heterocycles. The topological polar surface area (TPSA) is 58.6 Å². The summed E-state index contributed by atoms with van der Waals surface area (Å²) in [6.07, 6.45) is 1.27. The summed E-state index contributed by atoms with van der Waals surface area (Å²) in [5.41, 5.74) is 1.98. The van der Waals surface area contributed by atoms with Crippen LogP contribution in [-0.2, 0) is 16.1 Å². The second-order valence-electron chi connectivity index (χ2n) is 8.52. The number of halogens is 2. The fourth-order valence-corrected chi connectivity index (χ4v) is 3.69. The first-order valence-electron chi connectivity index (χ1n) is 11.4. The number of amides is 2. The van der Waals surface area contributed by atoms with Gasteiger partial charge in [0.25, 0.3) is 5.91 Å². The van der Waals surface area contributed by atoms with Gasteiger partial charge in [0.2, 0.25) is 5.91 Å². The van der Waals surface area contributed by atoms with Crippen molar-refractivity contribution in [2.24, 2.45) is 0 Å². The van der Waals surface area contributed by atoms with Gasteiger partial charge in [-0.15, -0.1) is 0 Å². The van der Waals surface area contributed by atoms with Crippen molar-refractivity contribution in [1.29, 1.82) is 0 Å². The van der Waals surface area contributed by atoms with Gasteiger partial charge in [-0.2, -0.15) is 0 Å². The molecular weight excluding hydrogens is 459 g/mol. The number of benzene rings is 2. The Hall–Kier alpha value is -2.24. The highest BCUT2D eigenvalue weighted by Gasteiger charge is 2.29. The number of ether oxygens (including phenoxy) is 1. The van der Waals surface area contributed by atoms with E-state index in [2.05, 4.69) is 19.2 Å². The van der Waals surface area contributed by atoms with Crippen LogP contribution in [0.2, 0.25) is 10.0 Å². The second-order valence-corrected chi connectivity index (χ2v) is 9.34. The van der Waals surface area contributed by atoms with E-state index in [9.17, 15) is 9.59 Å². The van der Waals surface area contributed by atoms with Crippen LogP contribution in [0.5, 0.6) is 5.75 Å². The molecule has 5 nitrogen and oxygen atoms in total. The number of hydrogen-bond donors (Lipinski definition) is 1. The van der Waals surface area contributed by atoms with Crippen molar-refractivity contribution in [2.45, 2.75) is 72.0 Å². The van der Waals surface area contributed by atoms with Crippen molar-refractivity contribution < 1.29 is 14.3 Å². The molecular formula is C26H34Cl2N2O3. The minimum absolute atomic E-state index is 0.0178. The van der Waals surface area contributed by atoms with E-state index in [1.165, 1.54) is 5.56 Å². The molecule has 2 atom stereocenters. The van der Waals surface area contributed by atoms with Gasteiger partial charge in [0.15, 0.2) is 6.61 Å². The van der Waals surface area contributed by atoms with E-state index < -0.39 is 6.04 Å². The van der Waals surface area contributed by atoms with Gasteiger partial charge in [-0.3, -0.25) is 9.59 Å². The van der Waals surface area contributed by atoms with Crippen molar-refractivity contribution in [3.05, 3.63) is 63.6 Å². The summed E-state index contributed by atoms with van der Waals surface area (Å²) in [6, 6.07) is 12.3. The number of hydrogen-bond acceptors (Lipinski definition) is 3. The molecule has 0 aliphatic carbocycles. The van der Waals surface area contributed by atoms with E-state index in [1.54, 1.807) is 23.1 Å². The van der Waals surface area contributed by atoms with Crippen molar-refractivity contribution in [3.63, 3.8) is 0 Å². The third-order valence-corrected chi connectivity index (χ3v) is 6.37. The van der Waals surface area contributed by atoms with Crippen LogP contribution in [0.25, 0.3) is 0 Å². The van der Waals surface area contributed by atoms with Crippen molar-refractivity contribution in [1.82, 2.24) is 10.2 Å². The van der Waals surface area contributed by atoms with Crippen molar-refractivity contribution in [3.8, 4) is 5.75 Å². The van der Waals surface area contributed by atoms with Crippen LogP contribution in [0.3, 0.4) is 0 Å². The average Bonchev–Trinajstić information content (AvgIpc) is 2.79. The van der Waals surface area contributed by atoms with Crippen LogP contribution in [0.1, 0.15) is 64.5 Å². The SMILES string of the molecule is CC[C@H](C(=O)N[C@@H](C)CC)N(Cc1ccc(Cl)c(Cl)c1)C(=O)COc1ccc(C(C)C)cc1. The summed E-state index contributed by atoms with van der Waals surface area (Å²) >= 11 is 12.2. The summed E-state index contributed by atoms with van der Waals surface area (Å²) in [6.45, 7) is 10.1. The summed E-state index contributed by atoms with van der Waals surface area (Å²) in [4.78, 5) is 27.8. The zero-order valence-corrected chi connectivity index (χ0v) is 21.5. The summed E-state index contributed by atoms with van der Waals surface area (Å²) in [7, 11) is 0. The van der Waals surface area contributed by atoms with Crippen LogP contribution in [-0.4, -0.2) is 35.4 Å². The lowest BCUT2D eigenvalue weighted by Gasteiger charge is -2.31. The van der Waals surface area contributed by atoms with Crippen LogP contribution in [0.15, 0.2) is 42.5 Å². The van der Waals surface area contributed by atoms with Gasteiger partial charge in [0, 0.05) is 12.6 Å². The molecule has 0 aliphatic rings. The Bertz CT molecular complexity index is 932. The van der Waals surface area contributed by atoms with Gasteiger partial charge in [0.1, 0.15) is 11.8 Å². The Balaban J connectivity index is 2.22. The molecule has 1 N–H and O–H groups in total. The molecule has 180 valence electrons. The monoisotopic (exact) mass is 492 g/mol. The number of carbonyl (C=O) groups excluding carboxylic acids is 2. The van der Waals surface area contributed by atoms with Gasteiger partial charge in [-0.05, 0) is 61.1 Å². The largest absolute Gasteiger partial charge is 0.484 e. The molecule has 0 unspecified atom stereocenters. The molecule has 2 aromatic rings. The van der Waals surface area contributed by atoms with Crippen molar-refractivity contribution in [2.75, 3.05) is 6.61 Å². The summed E-state index contributed by atoms with van der Waals surface area (Å²) < 4.78 is 5.77. The normalized spacial score (nSPS) is 12.8. The van der Waals surface area contributed by atoms with Gasteiger partial charge in [-0.1, -0.05) is 69.1 Å². The molecule has 2 rings (SSSR count). The van der Waals surface area contributed by atoms with Crippen molar-refractivity contribution >= 4 is 35.0 Å². The van der Waals surface area contributed by atoms with Crippen LogP contribution in [0.4, 0.5) is 0 Å². The third-order valence-electron chi connectivity index (χ3n) is 5.63. The van der Waals surface area contributed by atoms with Crippen LogP contribution >= 0.6 is 23.2 Å². The lowest BCUT2D eigenvalue weighted by Crippen LogP contribution is -2.51. The van der Waals surface area contributed by atoms with Gasteiger partial charge >= 0.3 is 0 Å². The van der Waals surface area contributed by atoms with Crippen LogP contribution in [0, 0.1) is 0 Å². The number of carbonyl (C=O) groups is 2. The van der Waals surface area contributed by atoms with Gasteiger partial charge in [0.05, 0.1) is 10.0 Å². The summed E-state index contributed by atoms with van der Waals surface area (Å²) in [5.74, 6) is 0.567. The van der Waals surface area contributed by atoms with E-state index >= 15 is 0 Å². The molecule has 33 heavy (non-hydrogen) atoms. The molecule has 0 saturated carbocycles. The molecule has 2 amide bonds. The predicted octanol–water partition coefficient (Wildman–Crippen LogP) is 6.22. The Morgan fingerprint density at radius 3 is 2.18 bits per heavy atom. The van der Waals surface area contributed by atoms with Gasteiger partial charge < -0.3 is 15.0 Å². The summed E-state index contributed by atoms with van der Waals surface area (Å²) in [5, 5.41) is 3.83. The Morgan fingerprint density at radius 2 is 1.64 bits per heavy atom. The highest BCUT2D eigenvalue weighted by Crippen LogP contribution is 2.24. The average molecular weight is 493 g/mol. The molecule has 0 bridgehead atoms. The quantitative estimate of drug-likeness (QED) is 0.405. The maximum Gasteiger partial charge on any atom is 0.261 e. The van der Waals surface area contributed by atoms with E-state index in [1.807, 2.05) is 45.0 Å². The molecule has 0 spiro atoms. The molecule has 0 fully saturated rings. The number of nitrogens with zero attached hydrogens (tertiary/aromatic N) is 1. The van der Waals surface area contributed by atoms with E-state index in [4.69, 9.17) is 27.9 Å². The first-order valence-corrected chi connectivity index (χ1v) is 12.2. The number of nitrogens with one attached hydrogen (secondary N) is 1. The second kappa shape index (κ2) is 12.9. The van der Waals surface area contributed by atoms with E-state index in [0.717, 1.165) is 12.0 Å². The van der Waals surface area contributed by atoms with Gasteiger partial charge in [-0.25, -0.2) is 0 Å². The lowest BCUT2D eigenvalue weighted by atomic mass is 10.0. The Kier molecular flexibility index (Phi) is 10.5. The fraction of sp³-hybridized carbons (Fsp3) is 0.462. The van der Waals surface area contributed by atoms with E-state index in [0.29, 0.717) is 28.1 Å². The zero-order valence-electron chi connectivity index (χ0n) is 20.0. The highest BCUT2D eigenvalue weighted by molar-refractivity contribution is 6.42. The maximum absolute atomic E-state index is 13.3. The Morgan fingerprint density at radius 1 is 0.970 bits per heavy atom. The lowest BCUT2D eigenvalue weighted by molar-refractivity contribution is -0.143. The molecule has 0 heterocycles.